The van der Waals surface area contributed by atoms with Gasteiger partial charge in [0.25, 0.3) is 0 Å². The predicted octanol–water partition coefficient (Wildman–Crippen LogP) is 1.76. The zero-order valence-electron chi connectivity index (χ0n) is 14.4. The fraction of sp³-hybridized carbons (Fsp3) is 0.294. The van der Waals surface area contributed by atoms with Gasteiger partial charge in [-0.2, -0.15) is 5.10 Å². The van der Waals surface area contributed by atoms with Crippen molar-refractivity contribution in [2.45, 2.75) is 13.3 Å². The van der Waals surface area contributed by atoms with Gasteiger partial charge >= 0.3 is 0 Å². The summed E-state index contributed by atoms with van der Waals surface area (Å²) in [7, 11) is 1.85. The van der Waals surface area contributed by atoms with Crippen molar-refractivity contribution in [2.24, 2.45) is 17.8 Å². The number of fused-ring (bicyclic) bond motifs is 1. The molecule has 0 saturated heterocycles. The summed E-state index contributed by atoms with van der Waals surface area (Å²) in [5.74, 6) is 1.14. The van der Waals surface area contributed by atoms with E-state index in [4.69, 9.17) is 5.73 Å². The fourth-order valence-corrected chi connectivity index (χ4v) is 2.51. The van der Waals surface area contributed by atoms with Crippen LogP contribution in [0.1, 0.15) is 12.5 Å². The average molecular weight is 338 g/mol. The maximum atomic E-state index is 5.94. The molecule has 3 aromatic rings. The van der Waals surface area contributed by atoms with E-state index in [-0.39, 0.29) is 0 Å². The molecule has 0 radical (unpaired) electrons. The Labute approximate surface area is 146 Å². The number of nitrogens with zero attached hydrogens (tertiary/aromatic N) is 5. The molecule has 0 aliphatic heterocycles. The summed E-state index contributed by atoms with van der Waals surface area (Å²) in [6.07, 6.45) is 4.25. The van der Waals surface area contributed by atoms with Crippen LogP contribution < -0.4 is 16.4 Å². The third kappa shape index (κ3) is 4.03. The highest BCUT2D eigenvalue weighted by atomic mass is 15.3. The summed E-state index contributed by atoms with van der Waals surface area (Å²) in [6.45, 7) is 3.25. The Morgan fingerprint density at radius 1 is 1.32 bits per heavy atom. The Kier molecular flexibility index (Phi) is 5.08. The molecule has 0 amide bonds. The van der Waals surface area contributed by atoms with Gasteiger partial charge < -0.3 is 16.4 Å². The number of hydrogen-bond donors (Lipinski definition) is 3. The molecule has 4 N–H and O–H groups in total. The molecule has 25 heavy (non-hydrogen) atoms. The summed E-state index contributed by atoms with van der Waals surface area (Å²) in [5.41, 5.74) is 8.93. The molecule has 8 heteroatoms. The van der Waals surface area contributed by atoms with E-state index >= 15 is 0 Å². The van der Waals surface area contributed by atoms with Crippen LogP contribution in [0.15, 0.2) is 41.8 Å². The van der Waals surface area contributed by atoms with Crippen LogP contribution in [0.3, 0.4) is 0 Å². The molecule has 0 atom stereocenters. The van der Waals surface area contributed by atoms with Crippen LogP contribution in [0.4, 0.5) is 11.5 Å². The van der Waals surface area contributed by atoms with Crippen LogP contribution >= 0.6 is 0 Å². The number of benzene rings is 1. The summed E-state index contributed by atoms with van der Waals surface area (Å²) >= 11 is 0. The molecule has 0 spiro atoms. The van der Waals surface area contributed by atoms with Crippen LogP contribution in [0.25, 0.3) is 11.0 Å². The van der Waals surface area contributed by atoms with Gasteiger partial charge in [0.05, 0.1) is 18.1 Å². The highest BCUT2D eigenvalue weighted by molar-refractivity contribution is 5.92. The van der Waals surface area contributed by atoms with Crippen molar-refractivity contribution in [3.63, 3.8) is 0 Å². The average Bonchev–Trinajstić information content (AvgIpc) is 3.01. The van der Waals surface area contributed by atoms with Gasteiger partial charge in [-0.3, -0.25) is 9.67 Å². The second-order valence-electron chi connectivity index (χ2n) is 5.60. The van der Waals surface area contributed by atoms with Crippen LogP contribution in [-0.2, 0) is 13.5 Å². The standard InChI is InChI=1S/C17H22N8/c1-3-12-5-4-6-13(9-12)24-17(18)20-8-7-19-15-14-10-23-25(2)16(14)22-11-21-15/h4-6,9-11H,3,7-8H2,1-2H3,(H3,18,20,24)(H,19,21,22). The number of guanidine groups is 1. The SMILES string of the molecule is CCc1cccc(NC(N)=NCCNc2ncnc3c2cnn3C)c1. The molecule has 2 aromatic heterocycles. The van der Waals surface area contributed by atoms with E-state index in [1.165, 1.54) is 11.9 Å². The van der Waals surface area contributed by atoms with Crippen molar-refractivity contribution in [2.75, 3.05) is 23.7 Å². The highest BCUT2D eigenvalue weighted by Crippen LogP contribution is 2.17. The van der Waals surface area contributed by atoms with Gasteiger partial charge in [-0.15, -0.1) is 0 Å². The minimum Gasteiger partial charge on any atom is -0.370 e. The lowest BCUT2D eigenvalue weighted by Gasteiger charge is -2.08. The monoisotopic (exact) mass is 338 g/mol. The quantitative estimate of drug-likeness (QED) is 0.359. The molecule has 2 heterocycles. The molecule has 130 valence electrons. The molecule has 0 aliphatic rings. The summed E-state index contributed by atoms with van der Waals surface area (Å²) in [5, 5.41) is 11.4. The number of hydrogen-bond acceptors (Lipinski definition) is 5. The summed E-state index contributed by atoms with van der Waals surface area (Å²) in [4.78, 5) is 12.8. The van der Waals surface area contributed by atoms with Gasteiger partial charge in [-0.25, -0.2) is 9.97 Å². The normalized spacial score (nSPS) is 11.7. The lowest BCUT2D eigenvalue weighted by molar-refractivity contribution is 0.785. The van der Waals surface area contributed by atoms with E-state index in [0.717, 1.165) is 29.0 Å². The smallest absolute Gasteiger partial charge is 0.193 e. The van der Waals surface area contributed by atoms with Gasteiger partial charge in [0.15, 0.2) is 11.6 Å². The third-order valence-electron chi connectivity index (χ3n) is 3.82. The molecule has 0 bridgehead atoms. The highest BCUT2D eigenvalue weighted by Gasteiger charge is 2.06. The topological polar surface area (TPSA) is 106 Å². The molecule has 0 unspecified atom stereocenters. The van der Waals surface area contributed by atoms with Crippen molar-refractivity contribution >= 4 is 28.5 Å². The summed E-state index contributed by atoms with van der Waals surface area (Å²) in [6, 6.07) is 8.13. The Morgan fingerprint density at radius 2 is 2.20 bits per heavy atom. The van der Waals surface area contributed by atoms with Crippen molar-refractivity contribution < 1.29 is 0 Å². The molecule has 0 fully saturated rings. The van der Waals surface area contributed by atoms with Crippen molar-refractivity contribution in [3.8, 4) is 0 Å². The number of aryl methyl sites for hydroxylation is 2. The van der Waals surface area contributed by atoms with Gasteiger partial charge in [-0.1, -0.05) is 19.1 Å². The lowest BCUT2D eigenvalue weighted by Crippen LogP contribution is -2.23. The molecule has 1 aromatic carbocycles. The van der Waals surface area contributed by atoms with E-state index in [2.05, 4.69) is 49.7 Å². The fourth-order valence-electron chi connectivity index (χ4n) is 2.51. The number of nitrogens with one attached hydrogen (secondary N) is 2. The second kappa shape index (κ2) is 7.61. The zero-order valence-corrected chi connectivity index (χ0v) is 14.4. The molecule has 8 nitrogen and oxygen atoms in total. The Hall–Kier alpha value is -3.16. The number of aliphatic imine (C=N–C) groups is 1. The number of aromatic nitrogens is 4. The molecule has 3 rings (SSSR count). The van der Waals surface area contributed by atoms with Gasteiger partial charge in [-0.05, 0) is 24.1 Å². The first-order valence-electron chi connectivity index (χ1n) is 8.20. The van der Waals surface area contributed by atoms with E-state index in [1.54, 1.807) is 10.9 Å². The summed E-state index contributed by atoms with van der Waals surface area (Å²) < 4.78 is 1.71. The molecular weight excluding hydrogens is 316 g/mol. The first kappa shape index (κ1) is 16.7. The molecule has 0 saturated carbocycles. The first-order chi connectivity index (χ1) is 12.2. The molecular formula is C17H22N8. The Bertz CT molecular complexity index is 883. The van der Waals surface area contributed by atoms with Crippen molar-refractivity contribution in [1.82, 2.24) is 19.7 Å². The van der Waals surface area contributed by atoms with Gasteiger partial charge in [0.1, 0.15) is 12.1 Å². The Morgan fingerprint density at radius 3 is 3.04 bits per heavy atom. The third-order valence-corrected chi connectivity index (χ3v) is 3.82. The maximum Gasteiger partial charge on any atom is 0.193 e. The van der Waals surface area contributed by atoms with Crippen molar-refractivity contribution in [1.29, 1.82) is 0 Å². The Balaban J connectivity index is 1.55. The minimum atomic E-state index is 0.393. The van der Waals surface area contributed by atoms with Crippen LogP contribution in [-0.4, -0.2) is 38.8 Å². The minimum absolute atomic E-state index is 0.393. The lowest BCUT2D eigenvalue weighted by atomic mass is 10.1. The van der Waals surface area contributed by atoms with E-state index in [1.807, 2.05) is 19.2 Å². The van der Waals surface area contributed by atoms with Crippen LogP contribution in [0.5, 0.6) is 0 Å². The first-order valence-corrected chi connectivity index (χ1v) is 8.20. The molecule has 0 aliphatic carbocycles. The van der Waals surface area contributed by atoms with Crippen LogP contribution in [0.2, 0.25) is 0 Å². The number of anilines is 2. The van der Waals surface area contributed by atoms with Crippen molar-refractivity contribution in [3.05, 3.63) is 42.4 Å². The predicted molar refractivity (Wildman–Crippen MR) is 101 cm³/mol. The number of nitrogens with two attached hydrogens (primary N) is 1. The number of rotatable bonds is 6. The van der Waals surface area contributed by atoms with Gasteiger partial charge in [0.2, 0.25) is 0 Å². The largest absolute Gasteiger partial charge is 0.370 e. The van der Waals surface area contributed by atoms with E-state index in [9.17, 15) is 0 Å². The zero-order chi connectivity index (χ0) is 17.6. The van der Waals surface area contributed by atoms with Gasteiger partial charge in [0, 0.05) is 19.3 Å². The van der Waals surface area contributed by atoms with E-state index < -0.39 is 0 Å². The second-order valence-corrected chi connectivity index (χ2v) is 5.60. The van der Waals surface area contributed by atoms with E-state index in [0.29, 0.717) is 19.0 Å². The maximum absolute atomic E-state index is 5.94. The van der Waals surface area contributed by atoms with Crippen LogP contribution in [0, 0.1) is 0 Å².